The van der Waals surface area contributed by atoms with E-state index >= 15 is 0 Å². The van der Waals surface area contributed by atoms with Crippen LogP contribution in [0.15, 0.2) is 17.2 Å². The fourth-order valence-corrected chi connectivity index (χ4v) is 2.11. The van der Waals surface area contributed by atoms with Gasteiger partial charge < -0.3 is 15.8 Å². The summed E-state index contributed by atoms with van der Waals surface area (Å²) >= 11 is 6.00. The molecule has 1 aromatic heterocycles. The molecule has 4 N–H and O–H groups in total. The van der Waals surface area contributed by atoms with Crippen molar-refractivity contribution in [3.05, 3.63) is 27.0 Å². The lowest BCUT2D eigenvalue weighted by molar-refractivity contribution is -0.385. The van der Waals surface area contributed by atoms with Crippen molar-refractivity contribution in [2.24, 2.45) is 5.73 Å². The maximum Gasteiger partial charge on any atom is 0.321 e. The van der Waals surface area contributed by atoms with Crippen LogP contribution < -0.4 is 5.73 Å². The van der Waals surface area contributed by atoms with Gasteiger partial charge in [-0.15, -0.1) is 24.2 Å². The molecule has 0 saturated carbocycles. The van der Waals surface area contributed by atoms with Crippen LogP contribution in [0.5, 0.6) is 0 Å². The minimum Gasteiger partial charge on any atom is -0.480 e. The van der Waals surface area contributed by atoms with Gasteiger partial charge >= 0.3 is 5.97 Å². The number of aromatic nitrogens is 1. The zero-order chi connectivity index (χ0) is 13.0. The van der Waals surface area contributed by atoms with Gasteiger partial charge in [0.05, 0.1) is 11.1 Å². The van der Waals surface area contributed by atoms with Crippen LogP contribution >= 0.6 is 36.4 Å². The number of aromatic amines is 1. The van der Waals surface area contributed by atoms with Crippen molar-refractivity contribution in [1.82, 2.24) is 4.98 Å². The quantitative estimate of drug-likeness (QED) is 0.326. The lowest BCUT2D eigenvalue weighted by atomic mass is 10.4. The van der Waals surface area contributed by atoms with Gasteiger partial charge in [0.25, 0.3) is 5.69 Å². The number of carbonyl (C=O) groups is 1. The Morgan fingerprint density at radius 2 is 2.33 bits per heavy atom. The summed E-state index contributed by atoms with van der Waals surface area (Å²) in [7, 11) is 0. The molecule has 0 saturated heterocycles. The van der Waals surface area contributed by atoms with E-state index in [1.54, 1.807) is 0 Å². The minimum atomic E-state index is -1.13. The molecule has 1 aromatic rings. The van der Waals surface area contributed by atoms with Crippen LogP contribution in [0, 0.1) is 14.8 Å². The van der Waals surface area contributed by atoms with Gasteiger partial charge in [0.15, 0.2) is 0 Å². The third kappa shape index (κ3) is 4.61. The molecular weight excluding hydrogens is 302 g/mol. The summed E-state index contributed by atoms with van der Waals surface area (Å²) in [5.74, 6) is -1.04. The molecule has 7 nitrogen and oxygen atoms in total. The molecule has 0 aliphatic carbocycles. The number of rotatable bonds is 5. The highest BCUT2D eigenvalue weighted by atomic mass is 35.5. The van der Waals surface area contributed by atoms with Crippen LogP contribution in [0.4, 0.5) is 5.69 Å². The summed E-state index contributed by atoms with van der Waals surface area (Å²) in [4.78, 5) is 23.5. The van der Waals surface area contributed by atoms with Gasteiger partial charge in [0, 0.05) is 16.7 Å². The van der Waals surface area contributed by atoms with Crippen molar-refractivity contribution in [3.8, 4) is 0 Å². The summed E-state index contributed by atoms with van der Waals surface area (Å²) in [5, 5.41) is 19.1. The molecule has 18 heavy (non-hydrogen) atoms. The Balaban J connectivity index is 0.00000289. The van der Waals surface area contributed by atoms with E-state index in [0.29, 0.717) is 9.54 Å². The fourth-order valence-electron chi connectivity index (χ4n) is 0.916. The Morgan fingerprint density at radius 1 is 1.72 bits per heavy atom. The topological polar surface area (TPSA) is 122 Å². The van der Waals surface area contributed by atoms with Crippen molar-refractivity contribution in [2.45, 2.75) is 10.9 Å². The van der Waals surface area contributed by atoms with Crippen LogP contribution in [0.25, 0.3) is 0 Å². The molecule has 0 radical (unpaired) electrons. The summed E-state index contributed by atoms with van der Waals surface area (Å²) in [6.45, 7) is 0. The third-order valence-corrected chi connectivity index (χ3v) is 3.43. The fraction of sp³-hybridized carbons (Fsp3) is 0.250. The smallest absolute Gasteiger partial charge is 0.321 e. The van der Waals surface area contributed by atoms with E-state index in [4.69, 9.17) is 23.1 Å². The first kappa shape index (κ1) is 16.8. The van der Waals surface area contributed by atoms with Crippen LogP contribution in [-0.4, -0.2) is 32.8 Å². The monoisotopic (exact) mass is 311 g/mol. The molecule has 1 atom stereocenters. The van der Waals surface area contributed by atoms with Crippen LogP contribution in [-0.2, 0) is 4.79 Å². The average Bonchev–Trinajstić information content (AvgIpc) is 2.26. The SMILES string of the molecule is Cl.N[C@@H](CSc1cc([N+](=O)[O-])c[nH]c1=S)C(=O)O. The predicted octanol–water partition coefficient (Wildman–Crippen LogP) is 1.58. The summed E-state index contributed by atoms with van der Waals surface area (Å²) in [6, 6.07) is 0.256. The lowest BCUT2D eigenvalue weighted by Crippen LogP contribution is -2.32. The molecule has 1 rings (SSSR count). The molecule has 10 heteroatoms. The first-order valence-electron chi connectivity index (χ1n) is 4.40. The van der Waals surface area contributed by atoms with E-state index < -0.39 is 16.9 Å². The zero-order valence-corrected chi connectivity index (χ0v) is 11.3. The number of hydrogen-bond donors (Lipinski definition) is 3. The summed E-state index contributed by atoms with van der Waals surface area (Å²) in [6.07, 6.45) is 1.18. The van der Waals surface area contributed by atoms with Crippen molar-refractivity contribution >= 4 is 48.0 Å². The molecule has 0 aliphatic rings. The van der Waals surface area contributed by atoms with Crippen LogP contribution in [0.1, 0.15) is 0 Å². The number of thioether (sulfide) groups is 1. The average molecular weight is 312 g/mol. The number of carboxylic acid groups (broad SMARTS) is 1. The minimum absolute atomic E-state index is 0. The molecule has 100 valence electrons. The Labute approximate surface area is 117 Å². The van der Waals surface area contributed by atoms with E-state index in [0.717, 1.165) is 11.8 Å². The molecular formula is C8H10ClN3O4S2. The third-order valence-electron chi connectivity index (χ3n) is 1.80. The number of nitro groups is 1. The highest BCUT2D eigenvalue weighted by Gasteiger charge is 2.14. The van der Waals surface area contributed by atoms with Crippen LogP contribution in [0.3, 0.4) is 0 Å². The molecule has 0 fully saturated rings. The Bertz CT molecular complexity index is 507. The first-order chi connectivity index (χ1) is 7.91. The second-order valence-electron chi connectivity index (χ2n) is 3.06. The second kappa shape index (κ2) is 7.31. The number of pyridine rings is 1. The van der Waals surface area contributed by atoms with Gasteiger partial charge in [-0.05, 0) is 0 Å². The maximum atomic E-state index is 10.5. The Morgan fingerprint density at radius 3 is 2.83 bits per heavy atom. The van der Waals surface area contributed by atoms with Gasteiger partial charge in [-0.25, -0.2) is 0 Å². The number of H-pyrrole nitrogens is 1. The zero-order valence-electron chi connectivity index (χ0n) is 8.86. The second-order valence-corrected chi connectivity index (χ2v) is 4.53. The molecule has 0 amide bonds. The first-order valence-corrected chi connectivity index (χ1v) is 5.79. The van der Waals surface area contributed by atoms with Gasteiger partial charge in [-0.3, -0.25) is 14.9 Å². The standard InChI is InChI=1S/C8H9N3O4S2.ClH/c9-5(8(12)13)3-17-6-1-4(11(14)15)2-10-7(6)16;/h1-2,5H,3,9H2,(H,10,16)(H,12,13);1H/t5-;/m0./s1. The lowest BCUT2D eigenvalue weighted by Gasteiger charge is -2.05. The summed E-state index contributed by atoms with van der Waals surface area (Å²) < 4.78 is 0.318. The predicted molar refractivity (Wildman–Crippen MR) is 71.9 cm³/mol. The van der Waals surface area contributed by atoms with Crippen molar-refractivity contribution in [3.63, 3.8) is 0 Å². The van der Waals surface area contributed by atoms with E-state index in [1.807, 2.05) is 0 Å². The molecule has 1 heterocycles. The van der Waals surface area contributed by atoms with Crippen LogP contribution in [0.2, 0.25) is 0 Å². The van der Waals surface area contributed by atoms with E-state index in [2.05, 4.69) is 4.98 Å². The molecule has 0 spiro atoms. The van der Waals surface area contributed by atoms with Gasteiger partial charge in [0.1, 0.15) is 10.7 Å². The van der Waals surface area contributed by atoms with Gasteiger partial charge in [0.2, 0.25) is 0 Å². The number of nitrogens with one attached hydrogen (secondary N) is 1. The van der Waals surface area contributed by atoms with Crippen molar-refractivity contribution in [2.75, 3.05) is 5.75 Å². The van der Waals surface area contributed by atoms with Gasteiger partial charge in [-0.2, -0.15) is 0 Å². The summed E-state index contributed by atoms with van der Waals surface area (Å²) in [5.41, 5.74) is 5.18. The Hall–Kier alpha value is -1.16. The molecule has 0 aromatic carbocycles. The Kier molecular flexibility index (Phi) is 6.84. The maximum absolute atomic E-state index is 10.5. The highest BCUT2D eigenvalue weighted by molar-refractivity contribution is 7.99. The highest BCUT2D eigenvalue weighted by Crippen LogP contribution is 2.23. The number of halogens is 1. The molecule has 0 bridgehead atoms. The molecule has 0 unspecified atom stereocenters. The number of nitrogens with zero attached hydrogens (tertiary/aromatic N) is 1. The number of aliphatic carboxylic acids is 1. The normalized spacial score (nSPS) is 11.4. The number of hydrogen-bond acceptors (Lipinski definition) is 6. The largest absolute Gasteiger partial charge is 0.480 e. The number of carboxylic acids is 1. The van der Waals surface area contributed by atoms with E-state index in [-0.39, 0.29) is 23.8 Å². The van der Waals surface area contributed by atoms with Crippen molar-refractivity contribution in [1.29, 1.82) is 0 Å². The number of nitrogens with two attached hydrogens (primary N) is 1. The van der Waals surface area contributed by atoms with E-state index in [9.17, 15) is 14.9 Å². The van der Waals surface area contributed by atoms with E-state index in [1.165, 1.54) is 12.3 Å². The van der Waals surface area contributed by atoms with Gasteiger partial charge in [-0.1, -0.05) is 12.2 Å². The van der Waals surface area contributed by atoms with Crippen molar-refractivity contribution < 1.29 is 14.8 Å². The molecule has 0 aliphatic heterocycles.